The number of fused-ring (bicyclic) bond motifs is 1. The predicted molar refractivity (Wildman–Crippen MR) is 119 cm³/mol. The van der Waals surface area contributed by atoms with Crippen LogP contribution in [-0.4, -0.2) is 29.7 Å². The molecule has 0 spiro atoms. The number of piperidine rings is 1. The summed E-state index contributed by atoms with van der Waals surface area (Å²) in [7, 11) is 1.33. The molecular formula is C25H26F3NO4. The molecule has 5 nitrogen and oxygen atoms in total. The second kappa shape index (κ2) is 9.09. The highest BCUT2D eigenvalue weighted by Crippen LogP contribution is 2.41. The van der Waals surface area contributed by atoms with Crippen LogP contribution < -0.4 is 10.2 Å². The normalized spacial score (nSPS) is 17.4. The zero-order valence-corrected chi connectivity index (χ0v) is 18.5. The van der Waals surface area contributed by atoms with Crippen LogP contribution in [-0.2, 0) is 12.7 Å². The fourth-order valence-electron chi connectivity index (χ4n) is 4.69. The van der Waals surface area contributed by atoms with E-state index >= 15 is 0 Å². The zero-order chi connectivity index (χ0) is 23.8. The second-order valence-electron chi connectivity index (χ2n) is 8.30. The highest BCUT2D eigenvalue weighted by Gasteiger charge is 2.40. The smallest absolute Gasteiger partial charge is 0.450 e. The third-order valence-electron chi connectivity index (χ3n) is 6.35. The van der Waals surface area contributed by atoms with Crippen LogP contribution in [0.15, 0.2) is 45.6 Å². The van der Waals surface area contributed by atoms with Crippen LogP contribution >= 0.6 is 0 Å². The molecule has 8 heteroatoms. The molecule has 33 heavy (non-hydrogen) atoms. The van der Waals surface area contributed by atoms with Crippen molar-refractivity contribution in [3.05, 3.63) is 57.9 Å². The molecule has 1 atom stereocenters. The molecule has 0 amide bonds. The third kappa shape index (κ3) is 4.31. The quantitative estimate of drug-likeness (QED) is 0.508. The average molecular weight is 461 g/mol. The topological polar surface area (TPSA) is 62.9 Å². The Morgan fingerprint density at radius 1 is 1.18 bits per heavy atom. The number of hydrogen-bond acceptors (Lipinski definition) is 5. The van der Waals surface area contributed by atoms with Crippen LogP contribution in [0, 0.1) is 0 Å². The van der Waals surface area contributed by atoms with E-state index < -0.39 is 22.9 Å². The minimum Gasteiger partial charge on any atom is -0.507 e. The van der Waals surface area contributed by atoms with Gasteiger partial charge in [0.05, 0.1) is 23.6 Å². The van der Waals surface area contributed by atoms with Gasteiger partial charge in [-0.15, -0.1) is 0 Å². The van der Waals surface area contributed by atoms with Gasteiger partial charge < -0.3 is 14.3 Å². The second-order valence-corrected chi connectivity index (χ2v) is 8.30. The number of rotatable bonds is 5. The van der Waals surface area contributed by atoms with Crippen molar-refractivity contribution in [3.63, 3.8) is 0 Å². The molecule has 0 unspecified atom stereocenters. The summed E-state index contributed by atoms with van der Waals surface area (Å²) in [5, 5.41) is 10.5. The SMILES string of the molecule is CC[C@H]1CCCCN1Cc1c(O)ccc2c(=O)c(-c3ccccc3OC)c(C(F)(F)F)oc12. The largest absolute Gasteiger partial charge is 0.507 e. The molecular weight excluding hydrogens is 435 g/mol. The monoisotopic (exact) mass is 461 g/mol. The molecule has 2 aromatic carbocycles. The lowest BCUT2D eigenvalue weighted by molar-refractivity contribution is -0.152. The first-order chi connectivity index (χ1) is 15.8. The third-order valence-corrected chi connectivity index (χ3v) is 6.35. The Hall–Kier alpha value is -3.00. The van der Waals surface area contributed by atoms with Gasteiger partial charge in [-0.05, 0) is 44.0 Å². The van der Waals surface area contributed by atoms with Crippen molar-refractivity contribution in [3.8, 4) is 22.6 Å². The van der Waals surface area contributed by atoms with Gasteiger partial charge in [0, 0.05) is 18.2 Å². The van der Waals surface area contributed by atoms with Crippen LogP contribution in [0.25, 0.3) is 22.1 Å². The Morgan fingerprint density at radius 2 is 1.94 bits per heavy atom. The molecule has 1 aliphatic rings. The van der Waals surface area contributed by atoms with Crippen LogP contribution in [0.3, 0.4) is 0 Å². The Balaban J connectivity index is 1.97. The van der Waals surface area contributed by atoms with Gasteiger partial charge in [0.15, 0.2) is 0 Å². The van der Waals surface area contributed by atoms with Gasteiger partial charge in [-0.25, -0.2) is 0 Å². The van der Waals surface area contributed by atoms with Crippen molar-refractivity contribution in [1.82, 2.24) is 4.90 Å². The van der Waals surface area contributed by atoms with E-state index in [4.69, 9.17) is 9.15 Å². The number of aromatic hydroxyl groups is 1. The number of phenols is 1. The van der Waals surface area contributed by atoms with Gasteiger partial charge in [0.1, 0.15) is 17.1 Å². The van der Waals surface area contributed by atoms with Crippen molar-refractivity contribution in [2.75, 3.05) is 13.7 Å². The average Bonchev–Trinajstić information content (AvgIpc) is 2.80. The van der Waals surface area contributed by atoms with Crippen molar-refractivity contribution in [2.45, 2.75) is 51.4 Å². The molecule has 2 heterocycles. The number of halogens is 3. The molecule has 1 aromatic heterocycles. The van der Waals surface area contributed by atoms with E-state index in [-0.39, 0.29) is 46.2 Å². The van der Waals surface area contributed by atoms with Gasteiger partial charge in [-0.2, -0.15) is 13.2 Å². The van der Waals surface area contributed by atoms with Gasteiger partial charge in [-0.1, -0.05) is 31.5 Å². The lowest BCUT2D eigenvalue weighted by Gasteiger charge is -2.35. The summed E-state index contributed by atoms with van der Waals surface area (Å²) in [6.07, 6.45) is -0.994. The molecule has 0 saturated carbocycles. The van der Waals surface area contributed by atoms with Crippen LogP contribution in [0.2, 0.25) is 0 Å². The van der Waals surface area contributed by atoms with Gasteiger partial charge in [0.25, 0.3) is 0 Å². The molecule has 1 fully saturated rings. The fourth-order valence-corrected chi connectivity index (χ4v) is 4.69. The molecule has 0 bridgehead atoms. The standard InChI is InChI=1S/C25H26F3NO4/c1-3-15-8-6-7-13-29(15)14-18-19(30)12-11-17-22(31)21(16-9-4-5-10-20(16)32-2)24(25(26,27)28)33-23(17)18/h4-5,9-12,15,30H,3,6-8,13-14H2,1-2H3/t15-/m0/s1. The van der Waals surface area contributed by atoms with Crippen LogP contribution in [0.4, 0.5) is 13.2 Å². The lowest BCUT2D eigenvalue weighted by Crippen LogP contribution is -2.38. The number of hydrogen-bond donors (Lipinski definition) is 1. The Kier molecular flexibility index (Phi) is 6.38. The summed E-state index contributed by atoms with van der Waals surface area (Å²) < 4.78 is 53.1. The minimum atomic E-state index is -4.93. The maximum absolute atomic E-state index is 14.1. The number of phenolic OH excluding ortho intramolecular Hbond substituents is 1. The summed E-state index contributed by atoms with van der Waals surface area (Å²) in [4.78, 5) is 15.6. The van der Waals surface area contributed by atoms with Crippen LogP contribution in [0.1, 0.15) is 43.9 Å². The zero-order valence-electron chi connectivity index (χ0n) is 18.5. The minimum absolute atomic E-state index is 0.000299. The van der Waals surface area contributed by atoms with Gasteiger partial charge >= 0.3 is 6.18 Å². The lowest BCUT2D eigenvalue weighted by atomic mass is 9.97. The number of para-hydroxylation sites is 1. The Morgan fingerprint density at radius 3 is 2.64 bits per heavy atom. The Bertz CT molecular complexity index is 1220. The fraction of sp³-hybridized carbons (Fsp3) is 0.400. The van der Waals surface area contributed by atoms with E-state index in [1.165, 1.54) is 37.4 Å². The molecule has 4 rings (SSSR count). The highest BCUT2D eigenvalue weighted by molar-refractivity contribution is 5.87. The Labute approximate surface area is 189 Å². The number of methoxy groups -OCH3 is 1. The first-order valence-corrected chi connectivity index (χ1v) is 11.0. The molecule has 1 N–H and O–H groups in total. The van der Waals surface area contributed by atoms with E-state index in [9.17, 15) is 23.1 Å². The van der Waals surface area contributed by atoms with Crippen molar-refractivity contribution >= 4 is 11.0 Å². The van der Waals surface area contributed by atoms with E-state index in [1.54, 1.807) is 6.07 Å². The number of nitrogens with zero attached hydrogens (tertiary/aromatic N) is 1. The molecule has 1 aliphatic heterocycles. The number of alkyl halides is 3. The van der Waals surface area contributed by atoms with E-state index in [0.29, 0.717) is 0 Å². The summed E-state index contributed by atoms with van der Waals surface area (Å²) >= 11 is 0. The van der Waals surface area contributed by atoms with E-state index in [2.05, 4.69) is 11.8 Å². The van der Waals surface area contributed by atoms with E-state index in [1.807, 2.05) is 0 Å². The maximum Gasteiger partial charge on any atom is 0.450 e. The number of likely N-dealkylation sites (tertiary alicyclic amines) is 1. The van der Waals surface area contributed by atoms with Crippen molar-refractivity contribution in [1.29, 1.82) is 0 Å². The first kappa shape index (κ1) is 23.2. The number of ether oxygens (including phenoxy) is 1. The van der Waals surface area contributed by atoms with Gasteiger partial charge in [-0.3, -0.25) is 9.69 Å². The van der Waals surface area contributed by atoms with E-state index in [0.717, 1.165) is 32.2 Å². The van der Waals surface area contributed by atoms with Crippen molar-refractivity contribution < 1.29 is 27.4 Å². The molecule has 3 aromatic rings. The van der Waals surface area contributed by atoms with Gasteiger partial charge in [0.2, 0.25) is 11.2 Å². The molecule has 0 aliphatic carbocycles. The summed E-state index contributed by atoms with van der Waals surface area (Å²) in [6, 6.07) is 8.94. The molecule has 0 radical (unpaired) electrons. The summed E-state index contributed by atoms with van der Waals surface area (Å²) in [6.45, 7) is 3.03. The molecule has 176 valence electrons. The summed E-state index contributed by atoms with van der Waals surface area (Å²) in [5.74, 6) is -1.46. The van der Waals surface area contributed by atoms with Crippen LogP contribution in [0.5, 0.6) is 11.5 Å². The predicted octanol–water partition coefficient (Wildman–Crippen LogP) is 5.96. The first-order valence-electron chi connectivity index (χ1n) is 11.0. The highest BCUT2D eigenvalue weighted by atomic mass is 19.4. The number of benzene rings is 2. The summed E-state index contributed by atoms with van der Waals surface area (Å²) in [5.41, 5.74) is -1.46. The molecule has 1 saturated heterocycles. The van der Waals surface area contributed by atoms with Crippen molar-refractivity contribution in [2.24, 2.45) is 0 Å². The maximum atomic E-state index is 14.1.